The molecular weight excluding hydrogens is 360 g/mol. The highest BCUT2D eigenvalue weighted by atomic mass is 35.5. The highest BCUT2D eigenvalue weighted by Gasteiger charge is 2.13. The van der Waals surface area contributed by atoms with Gasteiger partial charge in [-0.2, -0.15) is 0 Å². The lowest BCUT2D eigenvalue weighted by atomic mass is 10.0. The fourth-order valence-electron chi connectivity index (χ4n) is 3.33. The van der Waals surface area contributed by atoms with Crippen molar-refractivity contribution in [2.24, 2.45) is 0 Å². The molecule has 1 unspecified atom stereocenters. The molecule has 0 amide bonds. The fourth-order valence-corrected chi connectivity index (χ4v) is 3.33. The Balaban J connectivity index is 0.00000364. The summed E-state index contributed by atoms with van der Waals surface area (Å²) in [4.78, 5) is 6.95. The number of halogens is 1. The van der Waals surface area contributed by atoms with E-state index in [2.05, 4.69) is 23.7 Å². The number of nitrogens with zero attached hydrogens (tertiary/aromatic N) is 2. The summed E-state index contributed by atoms with van der Waals surface area (Å²) in [5.74, 6) is 0.796. The van der Waals surface area contributed by atoms with Gasteiger partial charge in [-0.1, -0.05) is 26.7 Å². The number of ether oxygens (including phenoxy) is 1. The number of aliphatic hydroxyl groups is 1. The maximum atomic E-state index is 10.8. The molecule has 0 spiro atoms. The molecule has 1 heterocycles. The van der Waals surface area contributed by atoms with Crippen LogP contribution in [0.25, 0.3) is 10.9 Å². The van der Waals surface area contributed by atoms with Crippen LogP contribution in [0, 0.1) is 0 Å². The van der Waals surface area contributed by atoms with Gasteiger partial charge in [0.2, 0.25) is 0 Å². The SMILES string of the molecule is CCCCN(CCCC)CCCC(O)c1ccnc2ccc(OC)cc12.Cl. The Hall–Kier alpha value is -1.36. The Kier molecular flexibility index (Phi) is 11.3. The van der Waals surface area contributed by atoms with Crippen molar-refractivity contribution in [1.29, 1.82) is 0 Å². The molecule has 0 saturated heterocycles. The van der Waals surface area contributed by atoms with Crippen molar-refractivity contribution in [3.8, 4) is 5.75 Å². The summed E-state index contributed by atoms with van der Waals surface area (Å²) in [6.45, 7) is 7.88. The maximum Gasteiger partial charge on any atom is 0.119 e. The summed E-state index contributed by atoms with van der Waals surface area (Å²) in [7, 11) is 1.66. The van der Waals surface area contributed by atoms with Gasteiger partial charge in [0.25, 0.3) is 0 Å². The van der Waals surface area contributed by atoms with Crippen LogP contribution in [0.1, 0.15) is 64.0 Å². The molecular formula is C22H35ClN2O2. The van der Waals surface area contributed by atoms with Crippen molar-refractivity contribution in [1.82, 2.24) is 9.88 Å². The first-order valence-corrected chi connectivity index (χ1v) is 10.0. The third-order valence-electron chi connectivity index (χ3n) is 4.95. The van der Waals surface area contributed by atoms with Crippen molar-refractivity contribution < 1.29 is 9.84 Å². The predicted molar refractivity (Wildman–Crippen MR) is 116 cm³/mol. The number of hydrogen-bond acceptors (Lipinski definition) is 4. The van der Waals surface area contributed by atoms with Crippen molar-refractivity contribution in [2.75, 3.05) is 26.7 Å². The molecule has 4 nitrogen and oxygen atoms in total. The van der Waals surface area contributed by atoms with Crippen LogP contribution in [0.15, 0.2) is 30.5 Å². The smallest absolute Gasteiger partial charge is 0.119 e. The zero-order chi connectivity index (χ0) is 18.8. The lowest BCUT2D eigenvalue weighted by Crippen LogP contribution is -2.27. The van der Waals surface area contributed by atoms with Crippen LogP contribution in [0.5, 0.6) is 5.75 Å². The molecule has 1 aromatic heterocycles. The summed E-state index contributed by atoms with van der Waals surface area (Å²) in [6.07, 6.45) is 8.05. The number of aromatic nitrogens is 1. The van der Waals surface area contributed by atoms with E-state index < -0.39 is 6.10 Å². The zero-order valence-electron chi connectivity index (χ0n) is 17.0. The van der Waals surface area contributed by atoms with Crippen LogP contribution in [-0.4, -0.2) is 41.7 Å². The predicted octanol–water partition coefficient (Wildman–Crippen LogP) is 5.38. The molecule has 1 N–H and O–H groups in total. The van der Waals surface area contributed by atoms with E-state index in [1.807, 2.05) is 24.3 Å². The van der Waals surface area contributed by atoms with Gasteiger partial charge in [0.1, 0.15) is 5.75 Å². The average molecular weight is 395 g/mol. The second-order valence-electron chi connectivity index (χ2n) is 6.99. The van der Waals surface area contributed by atoms with E-state index in [1.54, 1.807) is 13.3 Å². The minimum atomic E-state index is -0.466. The van der Waals surface area contributed by atoms with Crippen LogP contribution < -0.4 is 4.74 Å². The molecule has 1 aromatic carbocycles. The van der Waals surface area contributed by atoms with Gasteiger partial charge in [0.15, 0.2) is 0 Å². The molecule has 2 aromatic rings. The largest absolute Gasteiger partial charge is 0.497 e. The number of hydrogen-bond donors (Lipinski definition) is 1. The van der Waals surface area contributed by atoms with Crippen LogP contribution in [-0.2, 0) is 0 Å². The van der Waals surface area contributed by atoms with Gasteiger partial charge in [0.05, 0.1) is 18.7 Å². The molecule has 0 saturated carbocycles. The van der Waals surface area contributed by atoms with Gasteiger partial charge in [-0.25, -0.2) is 0 Å². The molecule has 2 rings (SSSR count). The van der Waals surface area contributed by atoms with Gasteiger partial charge in [0, 0.05) is 11.6 Å². The summed E-state index contributed by atoms with van der Waals surface area (Å²) < 4.78 is 5.33. The minimum Gasteiger partial charge on any atom is -0.497 e. The van der Waals surface area contributed by atoms with Gasteiger partial charge in [-0.3, -0.25) is 4.98 Å². The number of rotatable bonds is 12. The lowest BCUT2D eigenvalue weighted by Gasteiger charge is -2.22. The Bertz CT molecular complexity index is 658. The molecule has 0 fully saturated rings. The molecule has 0 radical (unpaired) electrons. The fraction of sp³-hybridized carbons (Fsp3) is 0.591. The van der Waals surface area contributed by atoms with E-state index >= 15 is 0 Å². The number of pyridine rings is 1. The summed E-state index contributed by atoms with van der Waals surface area (Å²) in [5.41, 5.74) is 1.84. The van der Waals surface area contributed by atoms with Crippen LogP contribution in [0.3, 0.4) is 0 Å². The van der Waals surface area contributed by atoms with Crippen molar-refractivity contribution >= 4 is 23.3 Å². The van der Waals surface area contributed by atoms with Crippen molar-refractivity contribution in [2.45, 2.75) is 58.5 Å². The summed E-state index contributed by atoms with van der Waals surface area (Å²) in [5, 5.41) is 11.7. The zero-order valence-corrected chi connectivity index (χ0v) is 17.8. The third-order valence-corrected chi connectivity index (χ3v) is 4.95. The normalized spacial score (nSPS) is 12.2. The Morgan fingerprint density at radius 2 is 1.70 bits per heavy atom. The van der Waals surface area contributed by atoms with Crippen LogP contribution in [0.4, 0.5) is 0 Å². The summed E-state index contributed by atoms with van der Waals surface area (Å²) >= 11 is 0. The number of methoxy groups -OCH3 is 1. The molecule has 1 atom stereocenters. The van der Waals surface area contributed by atoms with E-state index in [9.17, 15) is 5.11 Å². The topological polar surface area (TPSA) is 45.6 Å². The van der Waals surface area contributed by atoms with Gasteiger partial charge >= 0.3 is 0 Å². The standard InChI is InChI=1S/C22H34N2O2.ClH/c1-4-6-14-24(15-7-5-2)16-8-9-22(25)19-12-13-23-21-11-10-18(26-3)17-20(19)21;/h10-13,17,22,25H,4-9,14-16H2,1-3H3;1H. The quantitative estimate of drug-likeness (QED) is 0.524. The third kappa shape index (κ3) is 7.28. The molecule has 0 bridgehead atoms. The lowest BCUT2D eigenvalue weighted by molar-refractivity contribution is 0.156. The summed E-state index contributed by atoms with van der Waals surface area (Å²) in [6, 6.07) is 7.75. The van der Waals surface area contributed by atoms with E-state index in [4.69, 9.17) is 4.74 Å². The Morgan fingerprint density at radius 3 is 2.33 bits per heavy atom. The monoisotopic (exact) mass is 394 g/mol. The van der Waals surface area contributed by atoms with E-state index in [0.717, 1.165) is 41.6 Å². The highest BCUT2D eigenvalue weighted by Crippen LogP contribution is 2.28. The highest BCUT2D eigenvalue weighted by molar-refractivity contribution is 5.85. The van der Waals surface area contributed by atoms with Gasteiger partial charge in [-0.15, -0.1) is 12.4 Å². The second kappa shape index (κ2) is 12.9. The Labute approximate surface area is 170 Å². The molecule has 152 valence electrons. The van der Waals surface area contributed by atoms with E-state index in [-0.39, 0.29) is 12.4 Å². The second-order valence-corrected chi connectivity index (χ2v) is 6.99. The van der Waals surface area contributed by atoms with Gasteiger partial charge < -0.3 is 14.7 Å². The first kappa shape index (κ1) is 23.7. The Morgan fingerprint density at radius 1 is 1.04 bits per heavy atom. The maximum absolute atomic E-state index is 10.8. The molecule has 5 heteroatoms. The van der Waals surface area contributed by atoms with Crippen LogP contribution >= 0.6 is 12.4 Å². The van der Waals surface area contributed by atoms with Crippen molar-refractivity contribution in [3.05, 3.63) is 36.0 Å². The number of fused-ring (bicyclic) bond motifs is 1. The first-order valence-electron chi connectivity index (χ1n) is 10.0. The minimum absolute atomic E-state index is 0. The molecule has 27 heavy (non-hydrogen) atoms. The van der Waals surface area contributed by atoms with Crippen LogP contribution in [0.2, 0.25) is 0 Å². The number of unbranched alkanes of at least 4 members (excludes halogenated alkanes) is 2. The molecule has 0 aliphatic rings. The molecule has 0 aliphatic carbocycles. The number of aliphatic hydroxyl groups excluding tert-OH is 1. The average Bonchev–Trinajstić information content (AvgIpc) is 2.68. The van der Waals surface area contributed by atoms with Crippen molar-refractivity contribution in [3.63, 3.8) is 0 Å². The van der Waals surface area contributed by atoms with Gasteiger partial charge in [-0.05, 0) is 75.1 Å². The van der Waals surface area contributed by atoms with E-state index in [0.29, 0.717) is 0 Å². The first-order chi connectivity index (χ1) is 12.7. The van der Waals surface area contributed by atoms with E-state index in [1.165, 1.54) is 38.8 Å². The molecule has 0 aliphatic heterocycles. The number of benzene rings is 1.